The molecule has 0 radical (unpaired) electrons. The minimum Gasteiger partial charge on any atom is -0.481 e. The van der Waals surface area contributed by atoms with Crippen LogP contribution in [0.1, 0.15) is 5.56 Å². The van der Waals surface area contributed by atoms with Gasteiger partial charge in [0.1, 0.15) is 0 Å². The van der Waals surface area contributed by atoms with Crippen molar-refractivity contribution in [1.29, 1.82) is 0 Å². The SMILES string of the molecule is O=C(O)Cc1ccc2cccc3c4cccc5cccc(c1c23)c54. The lowest BCUT2D eigenvalue weighted by Crippen LogP contribution is -2.01. The molecule has 0 spiro atoms. The highest BCUT2D eigenvalue weighted by Crippen LogP contribution is 2.41. The summed E-state index contributed by atoms with van der Waals surface area (Å²) in [5.74, 6) is -0.797. The first-order valence-electron chi connectivity index (χ1n) is 8.03. The Morgan fingerprint density at radius 1 is 0.667 bits per heavy atom. The van der Waals surface area contributed by atoms with Crippen LogP contribution in [-0.4, -0.2) is 11.1 Å². The lowest BCUT2D eigenvalue weighted by molar-refractivity contribution is -0.136. The second-order valence-corrected chi connectivity index (χ2v) is 6.28. The van der Waals surface area contributed by atoms with Crippen molar-refractivity contribution in [3.63, 3.8) is 0 Å². The van der Waals surface area contributed by atoms with Crippen LogP contribution < -0.4 is 0 Å². The third-order valence-electron chi connectivity index (χ3n) is 4.94. The smallest absolute Gasteiger partial charge is 0.307 e. The molecular weight excluding hydrogens is 296 g/mol. The second kappa shape index (κ2) is 4.68. The Labute approximate surface area is 138 Å². The summed E-state index contributed by atoms with van der Waals surface area (Å²) in [6.07, 6.45) is 0.0398. The van der Waals surface area contributed by atoms with E-state index in [0.29, 0.717) is 0 Å². The summed E-state index contributed by atoms with van der Waals surface area (Å²) >= 11 is 0. The van der Waals surface area contributed by atoms with E-state index in [2.05, 4.69) is 54.6 Å². The first-order chi connectivity index (χ1) is 11.7. The van der Waals surface area contributed by atoms with Gasteiger partial charge in [-0.15, -0.1) is 0 Å². The Hall–Kier alpha value is -3.13. The quantitative estimate of drug-likeness (QED) is 0.352. The van der Waals surface area contributed by atoms with Gasteiger partial charge in [-0.25, -0.2) is 0 Å². The number of hydrogen-bond acceptors (Lipinski definition) is 1. The molecule has 5 rings (SSSR count). The monoisotopic (exact) mass is 310 g/mol. The molecule has 0 fully saturated rings. The maximum atomic E-state index is 11.4. The third-order valence-corrected chi connectivity index (χ3v) is 4.94. The number of benzene rings is 5. The summed E-state index contributed by atoms with van der Waals surface area (Å²) in [5, 5.41) is 18.7. The van der Waals surface area contributed by atoms with Crippen LogP contribution in [-0.2, 0) is 11.2 Å². The number of hydrogen-bond donors (Lipinski definition) is 1. The van der Waals surface area contributed by atoms with E-state index in [1.807, 2.05) is 12.1 Å². The molecule has 0 atom stereocenters. The number of carboxylic acid groups (broad SMARTS) is 1. The highest BCUT2D eigenvalue weighted by atomic mass is 16.4. The van der Waals surface area contributed by atoms with Crippen LogP contribution in [0.5, 0.6) is 0 Å². The average molecular weight is 310 g/mol. The van der Waals surface area contributed by atoms with Crippen LogP contribution >= 0.6 is 0 Å². The summed E-state index contributed by atoms with van der Waals surface area (Å²) in [6, 6.07) is 23.0. The Morgan fingerprint density at radius 2 is 1.25 bits per heavy atom. The molecule has 0 heterocycles. The van der Waals surface area contributed by atoms with E-state index >= 15 is 0 Å². The normalized spacial score (nSPS) is 11.8. The Bertz CT molecular complexity index is 1250. The fraction of sp³-hybridized carbons (Fsp3) is 0.0455. The molecule has 0 aliphatic rings. The van der Waals surface area contributed by atoms with Crippen LogP contribution in [0.15, 0.2) is 66.7 Å². The molecule has 0 unspecified atom stereocenters. The van der Waals surface area contributed by atoms with Gasteiger partial charge in [0.05, 0.1) is 6.42 Å². The van der Waals surface area contributed by atoms with Gasteiger partial charge in [-0.3, -0.25) is 4.79 Å². The molecule has 0 aliphatic carbocycles. The molecule has 0 saturated heterocycles. The largest absolute Gasteiger partial charge is 0.481 e. The second-order valence-electron chi connectivity index (χ2n) is 6.28. The third kappa shape index (κ3) is 1.68. The zero-order valence-corrected chi connectivity index (χ0v) is 12.9. The van der Waals surface area contributed by atoms with E-state index < -0.39 is 5.97 Å². The molecule has 5 aromatic rings. The lowest BCUT2D eigenvalue weighted by atomic mass is 9.87. The Kier molecular flexibility index (Phi) is 2.60. The Balaban J connectivity index is 2.16. The molecule has 0 bridgehead atoms. The molecule has 5 aromatic carbocycles. The number of aliphatic carboxylic acids is 1. The van der Waals surface area contributed by atoms with Crippen LogP contribution in [0.3, 0.4) is 0 Å². The van der Waals surface area contributed by atoms with Crippen molar-refractivity contribution in [2.75, 3.05) is 0 Å². The van der Waals surface area contributed by atoms with E-state index in [4.69, 9.17) is 0 Å². The van der Waals surface area contributed by atoms with E-state index in [-0.39, 0.29) is 6.42 Å². The molecule has 0 aromatic heterocycles. The fourth-order valence-electron chi connectivity index (χ4n) is 4.04. The van der Waals surface area contributed by atoms with Crippen LogP contribution in [0.4, 0.5) is 0 Å². The van der Waals surface area contributed by atoms with E-state index in [1.165, 1.54) is 26.9 Å². The van der Waals surface area contributed by atoms with Gasteiger partial charge in [-0.1, -0.05) is 66.7 Å². The molecule has 0 aliphatic heterocycles. The summed E-state index contributed by atoms with van der Waals surface area (Å²) in [4.78, 5) is 11.4. The van der Waals surface area contributed by atoms with Crippen LogP contribution in [0.2, 0.25) is 0 Å². The van der Waals surface area contributed by atoms with Gasteiger partial charge in [0.2, 0.25) is 0 Å². The molecule has 24 heavy (non-hydrogen) atoms. The zero-order chi connectivity index (χ0) is 16.3. The molecule has 114 valence electrons. The number of fused-ring (bicyclic) bond motifs is 2. The van der Waals surface area contributed by atoms with Gasteiger partial charge < -0.3 is 5.11 Å². The van der Waals surface area contributed by atoms with Crippen LogP contribution in [0, 0.1) is 0 Å². The van der Waals surface area contributed by atoms with Crippen molar-refractivity contribution in [3.05, 3.63) is 72.3 Å². The number of carboxylic acids is 1. The van der Waals surface area contributed by atoms with Crippen molar-refractivity contribution in [1.82, 2.24) is 0 Å². The average Bonchev–Trinajstić information content (AvgIpc) is 2.59. The summed E-state index contributed by atoms with van der Waals surface area (Å²) in [6.45, 7) is 0. The molecule has 2 heteroatoms. The predicted molar refractivity (Wildman–Crippen MR) is 99.0 cm³/mol. The van der Waals surface area contributed by atoms with Gasteiger partial charge in [0.25, 0.3) is 0 Å². The summed E-state index contributed by atoms with van der Waals surface area (Å²) in [7, 11) is 0. The number of rotatable bonds is 2. The maximum absolute atomic E-state index is 11.4. The highest BCUT2D eigenvalue weighted by molar-refractivity contribution is 6.33. The lowest BCUT2D eigenvalue weighted by Gasteiger charge is -2.16. The number of carbonyl (C=O) groups is 1. The predicted octanol–water partition coefficient (Wildman–Crippen LogP) is 5.36. The van der Waals surface area contributed by atoms with E-state index in [0.717, 1.165) is 21.7 Å². The maximum Gasteiger partial charge on any atom is 0.307 e. The summed E-state index contributed by atoms with van der Waals surface area (Å²) in [5.41, 5.74) is 0.879. The molecule has 0 amide bonds. The van der Waals surface area contributed by atoms with Crippen molar-refractivity contribution in [2.24, 2.45) is 0 Å². The molecule has 2 nitrogen and oxygen atoms in total. The summed E-state index contributed by atoms with van der Waals surface area (Å²) < 4.78 is 0. The van der Waals surface area contributed by atoms with Crippen molar-refractivity contribution < 1.29 is 9.90 Å². The highest BCUT2D eigenvalue weighted by Gasteiger charge is 2.16. The minimum absolute atomic E-state index is 0.0398. The van der Waals surface area contributed by atoms with E-state index in [1.54, 1.807) is 0 Å². The van der Waals surface area contributed by atoms with Gasteiger partial charge in [-0.05, 0) is 48.7 Å². The molecular formula is C22H14O2. The van der Waals surface area contributed by atoms with Gasteiger partial charge in [-0.2, -0.15) is 0 Å². The Morgan fingerprint density at radius 3 is 1.92 bits per heavy atom. The van der Waals surface area contributed by atoms with Crippen molar-refractivity contribution in [2.45, 2.75) is 6.42 Å². The minimum atomic E-state index is -0.797. The molecule has 1 N–H and O–H groups in total. The van der Waals surface area contributed by atoms with Gasteiger partial charge in [0, 0.05) is 0 Å². The fourth-order valence-corrected chi connectivity index (χ4v) is 4.04. The first kappa shape index (κ1) is 13.3. The van der Waals surface area contributed by atoms with Crippen molar-refractivity contribution >= 4 is 49.1 Å². The van der Waals surface area contributed by atoms with Gasteiger partial charge in [0.15, 0.2) is 0 Å². The standard InChI is InChI=1S/C22H14O2/c23-19(24)12-15-11-10-14-6-2-8-17-16-7-1-4-13-5-3-9-18(20(13)16)22(15)21(14)17/h1-11H,12H2,(H,23,24). The zero-order valence-electron chi connectivity index (χ0n) is 12.9. The molecule has 0 saturated carbocycles. The van der Waals surface area contributed by atoms with Gasteiger partial charge >= 0.3 is 5.97 Å². The van der Waals surface area contributed by atoms with Crippen molar-refractivity contribution in [3.8, 4) is 0 Å². The van der Waals surface area contributed by atoms with Crippen LogP contribution in [0.25, 0.3) is 43.1 Å². The topological polar surface area (TPSA) is 37.3 Å². The first-order valence-corrected chi connectivity index (χ1v) is 8.03. The van der Waals surface area contributed by atoms with E-state index in [9.17, 15) is 9.90 Å².